The lowest BCUT2D eigenvalue weighted by Gasteiger charge is -2.09. The van der Waals surface area contributed by atoms with Crippen molar-refractivity contribution in [2.75, 3.05) is 18.5 Å². The molecule has 126 valence electrons. The van der Waals surface area contributed by atoms with Crippen LogP contribution in [0.4, 0.5) is 5.69 Å². The molecule has 0 bridgehead atoms. The summed E-state index contributed by atoms with van der Waals surface area (Å²) >= 11 is 9.31. The van der Waals surface area contributed by atoms with Gasteiger partial charge in [0.1, 0.15) is 5.75 Å². The number of amides is 1. The van der Waals surface area contributed by atoms with E-state index in [0.29, 0.717) is 28.6 Å². The fraction of sp³-hybridized carbons (Fsp3) is 0.176. The number of halogens is 2. The van der Waals surface area contributed by atoms with Gasteiger partial charge in [-0.2, -0.15) is 0 Å². The smallest absolute Gasteiger partial charge is 0.338 e. The number of hydrogen-bond donors (Lipinski definition) is 1. The predicted molar refractivity (Wildman–Crippen MR) is 95.7 cm³/mol. The molecule has 0 saturated carbocycles. The fourth-order valence-corrected chi connectivity index (χ4v) is 2.56. The van der Waals surface area contributed by atoms with Crippen LogP contribution in [0.2, 0.25) is 5.02 Å². The van der Waals surface area contributed by atoms with Gasteiger partial charge in [0.2, 0.25) is 0 Å². The summed E-state index contributed by atoms with van der Waals surface area (Å²) in [6.45, 7) is 1.87. The van der Waals surface area contributed by atoms with Crippen molar-refractivity contribution in [3.63, 3.8) is 0 Å². The van der Waals surface area contributed by atoms with Crippen molar-refractivity contribution >= 4 is 45.1 Å². The molecular weight excluding hydrogens is 398 g/mol. The first-order chi connectivity index (χ1) is 11.5. The summed E-state index contributed by atoms with van der Waals surface area (Å²) in [7, 11) is 0. The number of benzene rings is 2. The van der Waals surface area contributed by atoms with Crippen LogP contribution in [0.25, 0.3) is 0 Å². The number of carbonyl (C=O) groups is 2. The van der Waals surface area contributed by atoms with Crippen LogP contribution in [0, 0.1) is 0 Å². The lowest BCUT2D eigenvalue weighted by Crippen LogP contribution is -2.20. The van der Waals surface area contributed by atoms with E-state index in [4.69, 9.17) is 21.1 Å². The number of ether oxygens (including phenoxy) is 2. The van der Waals surface area contributed by atoms with Crippen molar-refractivity contribution in [1.29, 1.82) is 0 Å². The molecule has 1 amide bonds. The molecule has 0 aliphatic rings. The topological polar surface area (TPSA) is 64.6 Å². The zero-order valence-corrected chi connectivity index (χ0v) is 15.2. The molecule has 0 aliphatic heterocycles. The molecule has 0 unspecified atom stereocenters. The van der Waals surface area contributed by atoms with Crippen molar-refractivity contribution in [2.24, 2.45) is 0 Å². The second kappa shape index (κ2) is 8.70. The quantitative estimate of drug-likeness (QED) is 0.719. The number of carbonyl (C=O) groups excluding carboxylic acids is 2. The molecule has 0 atom stereocenters. The van der Waals surface area contributed by atoms with E-state index in [1.54, 1.807) is 49.4 Å². The number of hydrogen-bond acceptors (Lipinski definition) is 4. The number of nitrogens with one attached hydrogen (secondary N) is 1. The molecule has 0 spiro atoms. The summed E-state index contributed by atoms with van der Waals surface area (Å²) in [5.74, 6) is -0.311. The van der Waals surface area contributed by atoms with Crippen LogP contribution in [0.1, 0.15) is 17.3 Å². The van der Waals surface area contributed by atoms with E-state index in [2.05, 4.69) is 21.2 Å². The van der Waals surface area contributed by atoms with Crippen molar-refractivity contribution in [3.05, 3.63) is 57.5 Å². The Balaban J connectivity index is 1.89. The summed E-state index contributed by atoms with van der Waals surface area (Å²) in [6, 6.07) is 11.5. The SMILES string of the molecule is CCOC(=O)c1ccc(NC(=O)COc2ccc(Br)cc2Cl)cc1. The van der Waals surface area contributed by atoms with Crippen LogP contribution >= 0.6 is 27.5 Å². The van der Waals surface area contributed by atoms with Gasteiger partial charge in [0, 0.05) is 10.2 Å². The normalized spacial score (nSPS) is 10.1. The zero-order valence-electron chi connectivity index (χ0n) is 12.8. The number of anilines is 1. The second-order valence-corrected chi connectivity index (χ2v) is 6.03. The Morgan fingerprint density at radius 3 is 2.50 bits per heavy atom. The lowest BCUT2D eigenvalue weighted by atomic mass is 10.2. The van der Waals surface area contributed by atoms with E-state index in [1.807, 2.05) is 0 Å². The molecule has 0 aliphatic carbocycles. The molecule has 5 nitrogen and oxygen atoms in total. The first kappa shape index (κ1) is 18.3. The third-order valence-corrected chi connectivity index (χ3v) is 3.72. The summed E-state index contributed by atoms with van der Waals surface area (Å²) in [4.78, 5) is 23.5. The molecule has 7 heteroatoms. The molecular formula is C17H15BrClNO4. The van der Waals surface area contributed by atoms with Gasteiger partial charge in [0.15, 0.2) is 6.61 Å². The molecule has 1 N–H and O–H groups in total. The molecule has 2 rings (SSSR count). The van der Waals surface area contributed by atoms with Crippen molar-refractivity contribution in [3.8, 4) is 5.75 Å². The number of esters is 1. The van der Waals surface area contributed by atoms with E-state index >= 15 is 0 Å². The van der Waals surface area contributed by atoms with E-state index in [1.165, 1.54) is 0 Å². The first-order valence-electron chi connectivity index (χ1n) is 7.14. The minimum absolute atomic E-state index is 0.180. The third-order valence-electron chi connectivity index (χ3n) is 2.93. The Kier molecular flexibility index (Phi) is 6.63. The predicted octanol–water partition coefficient (Wildman–Crippen LogP) is 4.30. The Bertz CT molecular complexity index is 734. The van der Waals surface area contributed by atoms with E-state index in [0.717, 1.165) is 4.47 Å². The minimum atomic E-state index is -0.399. The highest BCUT2D eigenvalue weighted by Gasteiger charge is 2.09. The van der Waals surface area contributed by atoms with Gasteiger partial charge < -0.3 is 14.8 Å². The maximum Gasteiger partial charge on any atom is 0.338 e. The second-order valence-electron chi connectivity index (χ2n) is 4.71. The van der Waals surface area contributed by atoms with Crippen molar-refractivity contribution in [2.45, 2.75) is 6.92 Å². The summed E-state index contributed by atoms with van der Waals surface area (Å²) in [5, 5.41) is 3.09. The van der Waals surface area contributed by atoms with Gasteiger partial charge in [0.25, 0.3) is 5.91 Å². The summed E-state index contributed by atoms with van der Waals surface area (Å²) in [6.07, 6.45) is 0. The van der Waals surface area contributed by atoms with Gasteiger partial charge in [-0.15, -0.1) is 0 Å². The summed E-state index contributed by atoms with van der Waals surface area (Å²) < 4.78 is 11.1. The molecule has 0 aromatic heterocycles. The molecule has 2 aromatic carbocycles. The van der Waals surface area contributed by atoms with Gasteiger partial charge in [0.05, 0.1) is 17.2 Å². The van der Waals surface area contributed by atoms with Crippen molar-refractivity contribution < 1.29 is 19.1 Å². The Labute approximate surface area is 153 Å². The van der Waals surface area contributed by atoms with Crippen LogP contribution in [0.3, 0.4) is 0 Å². The zero-order chi connectivity index (χ0) is 17.5. The standard InChI is InChI=1S/C17H15BrClNO4/c1-2-23-17(22)11-3-6-13(7-4-11)20-16(21)10-24-15-8-5-12(18)9-14(15)19/h3-9H,2,10H2,1H3,(H,20,21). The van der Waals surface area contributed by atoms with Gasteiger partial charge in [-0.25, -0.2) is 4.79 Å². The van der Waals surface area contributed by atoms with Crippen LogP contribution in [0.15, 0.2) is 46.9 Å². The van der Waals surface area contributed by atoms with Crippen LogP contribution in [0.5, 0.6) is 5.75 Å². The van der Waals surface area contributed by atoms with Crippen LogP contribution < -0.4 is 10.1 Å². The Morgan fingerprint density at radius 1 is 1.17 bits per heavy atom. The first-order valence-corrected chi connectivity index (χ1v) is 8.31. The highest BCUT2D eigenvalue weighted by Crippen LogP contribution is 2.27. The fourth-order valence-electron chi connectivity index (χ4n) is 1.84. The van der Waals surface area contributed by atoms with Crippen LogP contribution in [-0.4, -0.2) is 25.1 Å². The molecule has 0 fully saturated rings. The molecule has 24 heavy (non-hydrogen) atoms. The van der Waals surface area contributed by atoms with E-state index in [-0.39, 0.29) is 12.5 Å². The lowest BCUT2D eigenvalue weighted by molar-refractivity contribution is -0.118. The largest absolute Gasteiger partial charge is 0.482 e. The van der Waals surface area contributed by atoms with Gasteiger partial charge in [-0.05, 0) is 49.4 Å². The Hall–Kier alpha value is -2.05. The highest BCUT2D eigenvalue weighted by atomic mass is 79.9. The van der Waals surface area contributed by atoms with Crippen LogP contribution in [-0.2, 0) is 9.53 Å². The van der Waals surface area contributed by atoms with Gasteiger partial charge in [-0.1, -0.05) is 27.5 Å². The average Bonchev–Trinajstić information content (AvgIpc) is 2.55. The van der Waals surface area contributed by atoms with Crippen molar-refractivity contribution in [1.82, 2.24) is 0 Å². The minimum Gasteiger partial charge on any atom is -0.482 e. The molecule has 0 radical (unpaired) electrons. The molecule has 0 saturated heterocycles. The van der Waals surface area contributed by atoms with Gasteiger partial charge >= 0.3 is 5.97 Å². The monoisotopic (exact) mass is 411 g/mol. The summed E-state index contributed by atoms with van der Waals surface area (Å²) in [5.41, 5.74) is 0.978. The Morgan fingerprint density at radius 2 is 1.88 bits per heavy atom. The van der Waals surface area contributed by atoms with E-state index in [9.17, 15) is 9.59 Å². The molecule has 2 aromatic rings. The maximum atomic E-state index is 11.9. The number of rotatable bonds is 6. The van der Waals surface area contributed by atoms with E-state index < -0.39 is 5.97 Å². The van der Waals surface area contributed by atoms with Gasteiger partial charge in [-0.3, -0.25) is 4.79 Å². The highest BCUT2D eigenvalue weighted by molar-refractivity contribution is 9.10. The third kappa shape index (κ3) is 5.25. The maximum absolute atomic E-state index is 11.9. The average molecular weight is 413 g/mol. The molecule has 0 heterocycles.